The third-order valence-electron chi connectivity index (χ3n) is 4.15. The van der Waals surface area contributed by atoms with Gasteiger partial charge in [0.25, 0.3) is 11.6 Å². The smallest absolute Gasteiger partial charge is 0.269 e. The number of anilines is 1. The van der Waals surface area contributed by atoms with Crippen LogP contribution >= 0.6 is 0 Å². The molecule has 0 saturated carbocycles. The van der Waals surface area contributed by atoms with Crippen LogP contribution in [0.5, 0.6) is 5.75 Å². The maximum atomic E-state index is 12.9. The van der Waals surface area contributed by atoms with E-state index in [1.165, 1.54) is 35.5 Å². The maximum Gasteiger partial charge on any atom is 0.269 e. The first-order valence-electron chi connectivity index (χ1n) is 8.47. The first-order chi connectivity index (χ1) is 13.5. The van der Waals surface area contributed by atoms with Gasteiger partial charge in [-0.3, -0.25) is 19.9 Å². The lowest BCUT2D eigenvalue weighted by molar-refractivity contribution is -0.384. The summed E-state index contributed by atoms with van der Waals surface area (Å²) >= 11 is 0. The van der Waals surface area contributed by atoms with Gasteiger partial charge in [-0.25, -0.2) is 0 Å². The summed E-state index contributed by atoms with van der Waals surface area (Å²) in [4.78, 5) is 27.3. The lowest BCUT2D eigenvalue weighted by atomic mass is 9.97. The average Bonchev–Trinajstić information content (AvgIpc) is 3.05. The normalized spacial score (nSPS) is 16.5. The number of non-ortho nitro benzene ring substituents is 1. The third kappa shape index (κ3) is 3.89. The number of aliphatic hydroxyl groups is 1. The van der Waals surface area contributed by atoms with Crippen molar-refractivity contribution in [2.24, 2.45) is 16.0 Å². The summed E-state index contributed by atoms with van der Waals surface area (Å²) in [5.74, 6) is -0.386. The first-order valence-corrected chi connectivity index (χ1v) is 8.47. The fraction of sp³-hybridized carbons (Fsp3) is 0.211. The number of methoxy groups -OCH3 is 1. The minimum atomic E-state index is -0.727. The molecule has 2 aromatic carbocycles. The van der Waals surface area contributed by atoms with E-state index in [-0.39, 0.29) is 24.7 Å². The molecule has 28 heavy (non-hydrogen) atoms. The van der Waals surface area contributed by atoms with E-state index in [0.717, 1.165) is 5.56 Å². The lowest BCUT2D eigenvalue weighted by Crippen LogP contribution is -2.28. The number of benzene rings is 2. The van der Waals surface area contributed by atoms with Crippen LogP contribution < -0.4 is 9.75 Å². The Labute approximate surface area is 160 Å². The molecule has 0 saturated heterocycles. The average molecular weight is 382 g/mol. The van der Waals surface area contributed by atoms with Crippen molar-refractivity contribution in [1.29, 1.82) is 0 Å². The van der Waals surface area contributed by atoms with Crippen molar-refractivity contribution in [3.8, 4) is 5.75 Å². The Morgan fingerprint density at radius 3 is 2.50 bits per heavy atom. The zero-order valence-corrected chi connectivity index (χ0v) is 15.1. The fourth-order valence-corrected chi connectivity index (χ4v) is 2.74. The third-order valence-corrected chi connectivity index (χ3v) is 4.15. The van der Waals surface area contributed by atoms with Gasteiger partial charge < -0.3 is 9.84 Å². The van der Waals surface area contributed by atoms with E-state index in [2.05, 4.69) is 10.1 Å². The summed E-state index contributed by atoms with van der Waals surface area (Å²) in [6.07, 6.45) is 1.47. The number of amides is 1. The number of carbonyl (C=O) groups excluding carboxylic acids is 1. The van der Waals surface area contributed by atoms with Crippen LogP contribution in [-0.4, -0.2) is 48.1 Å². The molecule has 3 rings (SSSR count). The predicted octanol–water partition coefficient (Wildman–Crippen LogP) is 2.03. The summed E-state index contributed by atoms with van der Waals surface area (Å²) in [5.41, 5.74) is 1.56. The van der Waals surface area contributed by atoms with Gasteiger partial charge >= 0.3 is 0 Å². The van der Waals surface area contributed by atoms with Gasteiger partial charge in [-0.2, -0.15) is 10.1 Å². The van der Waals surface area contributed by atoms with Gasteiger partial charge in [0.15, 0.2) is 0 Å². The number of nitro groups is 1. The van der Waals surface area contributed by atoms with Gasteiger partial charge in [0, 0.05) is 18.3 Å². The van der Waals surface area contributed by atoms with Crippen LogP contribution in [0.1, 0.15) is 5.56 Å². The Hall–Kier alpha value is -3.59. The van der Waals surface area contributed by atoms with Crippen LogP contribution in [0.3, 0.4) is 0 Å². The van der Waals surface area contributed by atoms with E-state index in [1.54, 1.807) is 31.4 Å². The molecule has 9 nitrogen and oxygen atoms in total. The number of hydrazone groups is 1. The van der Waals surface area contributed by atoms with Crippen molar-refractivity contribution in [2.75, 3.05) is 25.3 Å². The first kappa shape index (κ1) is 19.2. The van der Waals surface area contributed by atoms with Crippen LogP contribution in [0.25, 0.3) is 0 Å². The van der Waals surface area contributed by atoms with Crippen molar-refractivity contribution < 1.29 is 19.6 Å². The molecule has 0 aliphatic carbocycles. The molecule has 1 aliphatic rings. The number of aliphatic hydroxyl groups excluding tert-OH is 1. The molecule has 0 bridgehead atoms. The van der Waals surface area contributed by atoms with Crippen LogP contribution in [0.15, 0.2) is 58.6 Å². The Morgan fingerprint density at radius 1 is 1.25 bits per heavy atom. The highest BCUT2D eigenvalue weighted by atomic mass is 16.6. The van der Waals surface area contributed by atoms with E-state index >= 15 is 0 Å². The standard InChI is InChI=1S/C19H18N4O5/c1-28-16-8-2-13(3-9-16)18-17(12-20-10-11-24)19(25)22(21-18)14-4-6-15(7-5-14)23(26)27/h2-9,12,17,24H,10-11H2,1H3/t17-/m0/s1. The van der Waals surface area contributed by atoms with Crippen molar-refractivity contribution in [1.82, 2.24) is 0 Å². The summed E-state index contributed by atoms with van der Waals surface area (Å²) in [6, 6.07) is 12.7. The van der Waals surface area contributed by atoms with E-state index in [9.17, 15) is 14.9 Å². The van der Waals surface area contributed by atoms with E-state index in [4.69, 9.17) is 9.84 Å². The second-order valence-corrected chi connectivity index (χ2v) is 5.89. The predicted molar refractivity (Wildman–Crippen MR) is 104 cm³/mol. The highest BCUT2D eigenvalue weighted by molar-refractivity contribution is 6.29. The summed E-state index contributed by atoms with van der Waals surface area (Å²) in [5, 5.41) is 25.4. The summed E-state index contributed by atoms with van der Waals surface area (Å²) < 4.78 is 5.15. The molecule has 0 aromatic heterocycles. The topological polar surface area (TPSA) is 118 Å². The van der Waals surface area contributed by atoms with E-state index < -0.39 is 10.8 Å². The number of ether oxygens (including phenoxy) is 1. The molecule has 1 amide bonds. The highest BCUT2D eigenvalue weighted by Crippen LogP contribution is 2.28. The van der Waals surface area contributed by atoms with Crippen LogP contribution in [0.4, 0.5) is 11.4 Å². The Morgan fingerprint density at radius 2 is 1.93 bits per heavy atom. The summed E-state index contributed by atoms with van der Waals surface area (Å²) in [6.45, 7) is 0.0513. The molecular weight excluding hydrogens is 364 g/mol. The molecule has 9 heteroatoms. The number of hydrogen-bond donors (Lipinski definition) is 1. The molecule has 1 atom stereocenters. The van der Waals surface area contributed by atoms with Crippen molar-refractivity contribution >= 4 is 29.2 Å². The van der Waals surface area contributed by atoms with E-state index in [1.807, 2.05) is 0 Å². The second-order valence-electron chi connectivity index (χ2n) is 5.89. The Kier molecular flexibility index (Phi) is 5.75. The van der Waals surface area contributed by atoms with Crippen LogP contribution in [0, 0.1) is 16.0 Å². The largest absolute Gasteiger partial charge is 0.497 e. The molecule has 1 aliphatic heterocycles. The Balaban J connectivity index is 1.97. The Bertz CT molecular complexity index is 922. The lowest BCUT2D eigenvalue weighted by Gasteiger charge is -2.12. The molecule has 0 radical (unpaired) electrons. The van der Waals surface area contributed by atoms with Gasteiger partial charge in [0.1, 0.15) is 11.7 Å². The number of carbonyl (C=O) groups is 1. The minimum Gasteiger partial charge on any atom is -0.497 e. The molecule has 2 aromatic rings. The maximum absolute atomic E-state index is 12.9. The SMILES string of the molecule is COc1ccc(C2=NN(c3ccc([N+](=O)[O-])cc3)C(=O)[C@H]2C=NCCO)cc1. The molecule has 0 unspecified atom stereocenters. The van der Waals surface area contributed by atoms with Crippen LogP contribution in [0.2, 0.25) is 0 Å². The van der Waals surface area contributed by atoms with Gasteiger partial charge in [0.2, 0.25) is 0 Å². The zero-order valence-electron chi connectivity index (χ0n) is 15.1. The fourth-order valence-electron chi connectivity index (χ4n) is 2.74. The molecular formula is C19H18N4O5. The van der Waals surface area contributed by atoms with Gasteiger partial charge in [-0.1, -0.05) is 0 Å². The zero-order chi connectivity index (χ0) is 20.1. The van der Waals surface area contributed by atoms with Crippen molar-refractivity contribution in [3.05, 3.63) is 64.2 Å². The van der Waals surface area contributed by atoms with Crippen molar-refractivity contribution in [2.45, 2.75) is 0 Å². The van der Waals surface area contributed by atoms with Crippen molar-refractivity contribution in [3.63, 3.8) is 0 Å². The van der Waals surface area contributed by atoms with E-state index in [0.29, 0.717) is 17.1 Å². The van der Waals surface area contributed by atoms with Gasteiger partial charge in [-0.05, 0) is 42.0 Å². The quantitative estimate of drug-likeness (QED) is 0.447. The highest BCUT2D eigenvalue weighted by Gasteiger charge is 2.36. The number of nitrogens with zero attached hydrogens (tertiary/aromatic N) is 4. The molecule has 1 N–H and O–H groups in total. The minimum absolute atomic E-state index is 0.0733. The number of hydrogen-bond acceptors (Lipinski definition) is 7. The number of rotatable bonds is 7. The second kappa shape index (κ2) is 8.40. The molecule has 0 fully saturated rings. The monoisotopic (exact) mass is 382 g/mol. The summed E-state index contributed by atoms with van der Waals surface area (Å²) in [7, 11) is 1.56. The number of aliphatic imine (C=N–C) groups is 1. The number of nitro benzene ring substituents is 1. The van der Waals surface area contributed by atoms with Crippen LogP contribution in [-0.2, 0) is 4.79 Å². The molecule has 1 heterocycles. The van der Waals surface area contributed by atoms with Gasteiger partial charge in [0.05, 0.1) is 36.6 Å². The molecule has 144 valence electrons. The van der Waals surface area contributed by atoms with Gasteiger partial charge in [-0.15, -0.1) is 0 Å². The molecule has 0 spiro atoms.